The molecule has 0 amide bonds. The number of hydrogen-bond acceptors (Lipinski definition) is 6. The summed E-state index contributed by atoms with van der Waals surface area (Å²) in [5, 5.41) is 10.5. The Kier molecular flexibility index (Phi) is 4.99. The number of carbonyl (C=O) groups is 1. The number of hydrogen-bond donors (Lipinski definition) is 1. The molecule has 4 rings (SSSR count). The monoisotopic (exact) mass is 392 g/mol. The van der Waals surface area contributed by atoms with E-state index in [1.165, 1.54) is 17.8 Å². The number of carboxylic acids is 1. The van der Waals surface area contributed by atoms with Gasteiger partial charge >= 0.3 is 5.97 Å². The summed E-state index contributed by atoms with van der Waals surface area (Å²) in [7, 11) is 1.64. The lowest BCUT2D eigenvalue weighted by molar-refractivity contribution is 0.0665. The highest BCUT2D eigenvalue weighted by molar-refractivity contribution is 7.98. The van der Waals surface area contributed by atoms with Crippen molar-refractivity contribution in [1.29, 1.82) is 0 Å². The first-order valence-corrected chi connectivity index (χ1v) is 9.47. The lowest BCUT2D eigenvalue weighted by atomic mass is 10.1. The first-order chi connectivity index (χ1) is 13.6. The van der Waals surface area contributed by atoms with E-state index in [9.17, 15) is 4.79 Å². The van der Waals surface area contributed by atoms with Crippen LogP contribution >= 0.6 is 11.8 Å². The van der Waals surface area contributed by atoms with Crippen molar-refractivity contribution in [3.63, 3.8) is 0 Å². The van der Waals surface area contributed by atoms with Crippen LogP contribution in [0.1, 0.15) is 16.1 Å². The molecule has 0 aliphatic carbocycles. The minimum atomic E-state index is -1.07. The van der Waals surface area contributed by atoms with Gasteiger partial charge < -0.3 is 14.3 Å². The van der Waals surface area contributed by atoms with Crippen LogP contribution < -0.4 is 4.74 Å². The van der Waals surface area contributed by atoms with E-state index in [1.54, 1.807) is 19.4 Å². The minimum absolute atomic E-state index is 0.0599. The van der Waals surface area contributed by atoms with Crippen LogP contribution in [0.25, 0.3) is 22.2 Å². The zero-order valence-corrected chi connectivity index (χ0v) is 15.8. The van der Waals surface area contributed by atoms with Gasteiger partial charge in [-0.15, -0.1) is 0 Å². The SMILES string of the molecule is COc1ccc(-c2ccnc(SCc3ccc4oc(C(=O)O)cc4c3)n2)cc1. The highest BCUT2D eigenvalue weighted by Gasteiger charge is 2.11. The standard InChI is InChI=1S/C21H16N2O4S/c1-26-16-5-3-14(4-6-16)17-8-9-22-21(23-17)28-12-13-2-7-18-15(10-13)11-19(27-18)20(24)25/h2-11H,12H2,1H3,(H,24,25). The second kappa shape index (κ2) is 7.74. The van der Waals surface area contributed by atoms with Crippen LogP contribution in [0.4, 0.5) is 0 Å². The fraction of sp³-hybridized carbons (Fsp3) is 0.0952. The number of aromatic carboxylic acids is 1. The van der Waals surface area contributed by atoms with Crippen molar-refractivity contribution >= 4 is 28.7 Å². The molecule has 28 heavy (non-hydrogen) atoms. The summed E-state index contributed by atoms with van der Waals surface area (Å²) in [6, 6.07) is 16.7. The Morgan fingerprint density at radius 1 is 1.14 bits per heavy atom. The van der Waals surface area contributed by atoms with Crippen LogP contribution in [0.3, 0.4) is 0 Å². The van der Waals surface area contributed by atoms with Crippen molar-refractivity contribution in [1.82, 2.24) is 9.97 Å². The van der Waals surface area contributed by atoms with Crippen LogP contribution in [0, 0.1) is 0 Å². The Labute approximate surface area is 165 Å². The van der Waals surface area contributed by atoms with E-state index in [4.69, 9.17) is 14.3 Å². The number of methoxy groups -OCH3 is 1. The zero-order chi connectivity index (χ0) is 19.5. The van der Waals surface area contributed by atoms with E-state index in [0.717, 1.165) is 28.0 Å². The van der Waals surface area contributed by atoms with Crippen LogP contribution in [0.5, 0.6) is 5.75 Å². The van der Waals surface area contributed by atoms with Crippen LogP contribution in [-0.4, -0.2) is 28.2 Å². The molecule has 0 aliphatic rings. The van der Waals surface area contributed by atoms with E-state index >= 15 is 0 Å². The third-order valence-electron chi connectivity index (χ3n) is 4.18. The maximum Gasteiger partial charge on any atom is 0.371 e. The average Bonchev–Trinajstić information content (AvgIpc) is 3.16. The van der Waals surface area contributed by atoms with E-state index in [0.29, 0.717) is 16.5 Å². The number of furan rings is 1. The second-order valence-corrected chi connectivity index (χ2v) is 6.97. The van der Waals surface area contributed by atoms with Gasteiger partial charge in [-0.25, -0.2) is 14.8 Å². The molecule has 4 aromatic rings. The quantitative estimate of drug-likeness (QED) is 0.369. The van der Waals surface area contributed by atoms with Gasteiger partial charge in [-0.2, -0.15) is 0 Å². The summed E-state index contributed by atoms with van der Waals surface area (Å²) in [6.45, 7) is 0. The van der Waals surface area contributed by atoms with Crippen LogP contribution in [-0.2, 0) is 5.75 Å². The molecular formula is C21H16N2O4S. The van der Waals surface area contributed by atoms with E-state index in [1.807, 2.05) is 42.5 Å². The summed E-state index contributed by atoms with van der Waals surface area (Å²) < 4.78 is 10.5. The van der Waals surface area contributed by atoms with E-state index in [-0.39, 0.29) is 5.76 Å². The molecule has 6 nitrogen and oxygen atoms in total. The number of benzene rings is 2. The first-order valence-electron chi connectivity index (χ1n) is 8.48. The molecule has 0 saturated heterocycles. The van der Waals surface area contributed by atoms with Gasteiger partial charge in [0.25, 0.3) is 0 Å². The Hall–Kier alpha value is -3.32. The normalized spacial score (nSPS) is 10.9. The van der Waals surface area contributed by atoms with Gasteiger partial charge in [-0.3, -0.25) is 0 Å². The third-order valence-corrected chi connectivity index (χ3v) is 5.11. The summed E-state index contributed by atoms with van der Waals surface area (Å²) >= 11 is 1.52. The molecule has 0 saturated carbocycles. The molecule has 0 aliphatic heterocycles. The van der Waals surface area contributed by atoms with Gasteiger partial charge in [-0.05, 0) is 54.1 Å². The number of aromatic nitrogens is 2. The van der Waals surface area contributed by atoms with Crippen molar-refractivity contribution in [3.8, 4) is 17.0 Å². The number of thioether (sulfide) groups is 1. The molecule has 0 bridgehead atoms. The van der Waals surface area contributed by atoms with Crippen LogP contribution in [0.2, 0.25) is 0 Å². The third kappa shape index (κ3) is 3.84. The summed E-state index contributed by atoms with van der Waals surface area (Å²) in [6.07, 6.45) is 1.74. The fourth-order valence-electron chi connectivity index (χ4n) is 2.77. The average molecular weight is 392 g/mol. The number of rotatable bonds is 6. The molecule has 0 spiro atoms. The predicted octanol–water partition coefficient (Wildman–Crippen LogP) is 4.89. The van der Waals surface area contributed by atoms with E-state index < -0.39 is 5.97 Å². The predicted molar refractivity (Wildman–Crippen MR) is 107 cm³/mol. The molecule has 140 valence electrons. The van der Waals surface area contributed by atoms with Gasteiger partial charge in [-0.1, -0.05) is 17.8 Å². The largest absolute Gasteiger partial charge is 0.497 e. The summed E-state index contributed by atoms with van der Waals surface area (Å²) in [5.41, 5.74) is 3.43. The highest BCUT2D eigenvalue weighted by atomic mass is 32.2. The summed E-state index contributed by atoms with van der Waals surface area (Å²) in [4.78, 5) is 20.0. The molecular weight excluding hydrogens is 376 g/mol. The first kappa shape index (κ1) is 18.1. The van der Waals surface area contributed by atoms with Gasteiger partial charge in [0.2, 0.25) is 5.76 Å². The maximum atomic E-state index is 11.0. The van der Waals surface area contributed by atoms with Crippen molar-refractivity contribution in [3.05, 3.63) is 72.1 Å². The summed E-state index contributed by atoms with van der Waals surface area (Å²) in [5.74, 6) is 0.328. The molecule has 0 fully saturated rings. The molecule has 1 N–H and O–H groups in total. The maximum absolute atomic E-state index is 11.0. The number of ether oxygens (including phenoxy) is 1. The molecule has 0 atom stereocenters. The van der Waals surface area contributed by atoms with Crippen molar-refractivity contribution in [2.24, 2.45) is 0 Å². The van der Waals surface area contributed by atoms with Gasteiger partial charge in [0, 0.05) is 22.9 Å². The topological polar surface area (TPSA) is 85.5 Å². The van der Waals surface area contributed by atoms with Crippen molar-refractivity contribution in [2.75, 3.05) is 7.11 Å². The molecule has 2 aromatic carbocycles. The van der Waals surface area contributed by atoms with Crippen LogP contribution in [0.15, 0.2) is 70.4 Å². The number of nitrogens with zero attached hydrogens (tertiary/aromatic N) is 2. The van der Waals surface area contributed by atoms with Gasteiger partial charge in [0.15, 0.2) is 5.16 Å². The zero-order valence-electron chi connectivity index (χ0n) is 15.0. The smallest absolute Gasteiger partial charge is 0.371 e. The Balaban J connectivity index is 1.50. The Morgan fingerprint density at radius 2 is 1.96 bits per heavy atom. The minimum Gasteiger partial charge on any atom is -0.497 e. The lowest BCUT2D eigenvalue weighted by Crippen LogP contribution is -1.91. The molecule has 0 radical (unpaired) electrons. The Bertz CT molecular complexity index is 1140. The number of fused-ring (bicyclic) bond motifs is 1. The van der Waals surface area contributed by atoms with Gasteiger partial charge in [0.1, 0.15) is 11.3 Å². The molecule has 2 heterocycles. The van der Waals surface area contributed by atoms with Gasteiger partial charge in [0.05, 0.1) is 12.8 Å². The lowest BCUT2D eigenvalue weighted by Gasteiger charge is -2.05. The number of carboxylic acid groups (broad SMARTS) is 1. The van der Waals surface area contributed by atoms with Crippen molar-refractivity contribution in [2.45, 2.75) is 10.9 Å². The molecule has 0 unspecified atom stereocenters. The Morgan fingerprint density at radius 3 is 2.71 bits per heavy atom. The molecule has 2 aromatic heterocycles. The van der Waals surface area contributed by atoms with Crippen molar-refractivity contribution < 1.29 is 19.1 Å². The second-order valence-electron chi connectivity index (χ2n) is 6.03. The fourth-order valence-corrected chi connectivity index (χ4v) is 3.54. The highest BCUT2D eigenvalue weighted by Crippen LogP contribution is 2.27. The van der Waals surface area contributed by atoms with E-state index in [2.05, 4.69) is 9.97 Å². The molecule has 7 heteroatoms.